The second-order valence-electron chi connectivity index (χ2n) is 5.47. The number of likely N-dealkylation sites (N-methyl/N-ethyl adjacent to an activating group) is 2. The van der Waals surface area contributed by atoms with E-state index in [0.717, 1.165) is 10.6 Å². The van der Waals surface area contributed by atoms with E-state index in [-0.39, 0.29) is 11.9 Å². The minimum absolute atomic E-state index is 0.122. The smallest absolute Gasteiger partial charge is 0.236 e. The molecule has 0 radical (unpaired) electrons. The van der Waals surface area contributed by atoms with Crippen LogP contribution >= 0.6 is 22.9 Å². The van der Waals surface area contributed by atoms with Crippen molar-refractivity contribution >= 4 is 28.8 Å². The summed E-state index contributed by atoms with van der Waals surface area (Å²) in [5, 5.41) is 2.76. The van der Waals surface area contributed by atoms with Crippen molar-refractivity contribution in [2.75, 3.05) is 20.6 Å². The molecule has 5 heteroatoms. The van der Waals surface area contributed by atoms with Crippen LogP contribution in [0.5, 0.6) is 0 Å². The van der Waals surface area contributed by atoms with Crippen molar-refractivity contribution in [1.82, 2.24) is 9.80 Å². The molecule has 0 bridgehead atoms. The topological polar surface area (TPSA) is 23.6 Å². The fourth-order valence-electron chi connectivity index (χ4n) is 2.19. The second-order valence-corrected chi connectivity index (χ2v) is 6.94. The third kappa shape index (κ3) is 4.57. The van der Waals surface area contributed by atoms with Gasteiger partial charge in [0.2, 0.25) is 5.91 Å². The summed E-state index contributed by atoms with van der Waals surface area (Å²) in [7, 11) is 3.82. The van der Waals surface area contributed by atoms with Gasteiger partial charge < -0.3 is 4.90 Å². The summed E-state index contributed by atoms with van der Waals surface area (Å²) in [5.41, 5.74) is 1.15. The molecule has 0 saturated heterocycles. The van der Waals surface area contributed by atoms with Gasteiger partial charge in [0, 0.05) is 23.0 Å². The molecule has 2 aromatic rings. The monoisotopic (exact) mass is 336 g/mol. The summed E-state index contributed by atoms with van der Waals surface area (Å²) < 4.78 is 0. The molecule has 22 heavy (non-hydrogen) atoms. The van der Waals surface area contributed by atoms with Gasteiger partial charge in [-0.05, 0) is 43.1 Å². The zero-order valence-corrected chi connectivity index (χ0v) is 14.7. The highest BCUT2D eigenvalue weighted by Crippen LogP contribution is 2.21. The molecule has 1 atom stereocenters. The first-order chi connectivity index (χ1) is 10.5. The number of nitrogens with zero attached hydrogens (tertiary/aromatic N) is 2. The minimum Gasteiger partial charge on any atom is -0.340 e. The highest BCUT2D eigenvalue weighted by molar-refractivity contribution is 7.09. The Bertz CT molecular complexity index is 598. The van der Waals surface area contributed by atoms with Crippen LogP contribution in [0.4, 0.5) is 0 Å². The molecule has 3 nitrogen and oxygen atoms in total. The average molecular weight is 337 g/mol. The van der Waals surface area contributed by atoms with Gasteiger partial charge in [0.1, 0.15) is 0 Å². The van der Waals surface area contributed by atoms with Crippen molar-refractivity contribution in [3.63, 3.8) is 0 Å². The Balaban J connectivity index is 1.91. The zero-order chi connectivity index (χ0) is 16.1. The molecule has 0 spiro atoms. The van der Waals surface area contributed by atoms with Crippen LogP contribution in [0, 0.1) is 0 Å². The lowest BCUT2D eigenvalue weighted by Gasteiger charge is -2.27. The highest BCUT2D eigenvalue weighted by Gasteiger charge is 2.17. The van der Waals surface area contributed by atoms with Crippen LogP contribution in [-0.2, 0) is 11.3 Å². The van der Waals surface area contributed by atoms with Crippen molar-refractivity contribution in [3.8, 4) is 0 Å². The molecule has 1 unspecified atom stereocenters. The van der Waals surface area contributed by atoms with E-state index in [9.17, 15) is 4.79 Å². The molecule has 2 rings (SSSR count). The van der Waals surface area contributed by atoms with E-state index in [1.165, 1.54) is 4.88 Å². The number of carbonyl (C=O) groups excluding carboxylic acids is 1. The molecule has 0 aliphatic carbocycles. The Kier molecular flexibility index (Phi) is 6.00. The Morgan fingerprint density at radius 1 is 1.23 bits per heavy atom. The van der Waals surface area contributed by atoms with Crippen LogP contribution in [0.3, 0.4) is 0 Å². The van der Waals surface area contributed by atoms with Crippen LogP contribution in [0.25, 0.3) is 0 Å². The molecule has 1 amide bonds. The molecular weight excluding hydrogens is 316 g/mol. The number of carbonyl (C=O) groups is 1. The Morgan fingerprint density at radius 2 is 1.91 bits per heavy atom. The molecule has 1 aromatic heterocycles. The molecule has 0 aliphatic rings. The van der Waals surface area contributed by atoms with Crippen LogP contribution < -0.4 is 0 Å². The summed E-state index contributed by atoms with van der Waals surface area (Å²) in [5.74, 6) is 0.122. The predicted octanol–water partition coefficient (Wildman–Crippen LogP) is 4.05. The van der Waals surface area contributed by atoms with Crippen molar-refractivity contribution < 1.29 is 4.79 Å². The van der Waals surface area contributed by atoms with Crippen molar-refractivity contribution in [2.24, 2.45) is 0 Å². The van der Waals surface area contributed by atoms with Gasteiger partial charge in [-0.15, -0.1) is 11.3 Å². The van der Waals surface area contributed by atoms with Crippen molar-refractivity contribution in [1.29, 1.82) is 0 Å². The van der Waals surface area contributed by atoms with E-state index < -0.39 is 0 Å². The maximum absolute atomic E-state index is 12.3. The maximum Gasteiger partial charge on any atom is 0.236 e. The molecule has 0 fully saturated rings. The molecular formula is C17H21ClN2OS. The number of benzene rings is 1. The average Bonchev–Trinajstić information content (AvgIpc) is 3.00. The number of rotatable bonds is 6. The lowest BCUT2D eigenvalue weighted by atomic mass is 10.1. The minimum atomic E-state index is 0.122. The van der Waals surface area contributed by atoms with Crippen molar-refractivity contribution in [2.45, 2.75) is 19.5 Å². The third-order valence-electron chi connectivity index (χ3n) is 3.80. The number of hydrogen-bond donors (Lipinski definition) is 0. The van der Waals surface area contributed by atoms with Crippen LogP contribution in [0.1, 0.15) is 23.4 Å². The second kappa shape index (κ2) is 7.77. The first kappa shape index (κ1) is 17.0. The fraction of sp³-hybridized carbons (Fsp3) is 0.353. The molecule has 1 heterocycles. The van der Waals surface area contributed by atoms with Crippen LogP contribution in [0.15, 0.2) is 41.8 Å². The lowest BCUT2D eigenvalue weighted by molar-refractivity contribution is -0.131. The van der Waals surface area contributed by atoms with Crippen LogP contribution in [0.2, 0.25) is 5.02 Å². The van der Waals surface area contributed by atoms with E-state index in [2.05, 4.69) is 17.9 Å². The summed E-state index contributed by atoms with van der Waals surface area (Å²) in [4.78, 5) is 17.4. The van der Waals surface area contributed by atoms with Gasteiger partial charge >= 0.3 is 0 Å². The van der Waals surface area contributed by atoms with Gasteiger partial charge in [-0.25, -0.2) is 0 Å². The number of halogens is 1. The number of hydrogen-bond acceptors (Lipinski definition) is 3. The summed E-state index contributed by atoms with van der Waals surface area (Å²) in [6, 6.07) is 12.0. The molecule has 1 aromatic carbocycles. The quantitative estimate of drug-likeness (QED) is 0.794. The van der Waals surface area contributed by atoms with Crippen molar-refractivity contribution in [3.05, 3.63) is 57.2 Å². The standard InChI is InChI=1S/C17H21ClN2OS/c1-13(14-6-8-15(18)9-7-14)19(2)12-17(21)20(3)11-16-5-4-10-22-16/h4-10,13H,11-12H2,1-3H3. The van der Waals surface area contributed by atoms with Gasteiger partial charge in [-0.3, -0.25) is 9.69 Å². The first-order valence-electron chi connectivity index (χ1n) is 7.19. The van der Waals surface area contributed by atoms with E-state index in [0.29, 0.717) is 13.1 Å². The van der Waals surface area contributed by atoms with E-state index >= 15 is 0 Å². The summed E-state index contributed by atoms with van der Waals surface area (Å²) >= 11 is 7.59. The largest absolute Gasteiger partial charge is 0.340 e. The Hall–Kier alpha value is -1.36. The van der Waals surface area contributed by atoms with Gasteiger partial charge in [0.15, 0.2) is 0 Å². The van der Waals surface area contributed by atoms with E-state index in [1.54, 1.807) is 16.2 Å². The highest BCUT2D eigenvalue weighted by atomic mass is 35.5. The van der Waals surface area contributed by atoms with E-state index in [1.807, 2.05) is 49.8 Å². The maximum atomic E-state index is 12.3. The van der Waals surface area contributed by atoms with Gasteiger partial charge in [-0.1, -0.05) is 29.8 Å². The number of thiophene rings is 1. The lowest BCUT2D eigenvalue weighted by Crippen LogP contribution is -2.37. The van der Waals surface area contributed by atoms with Gasteiger partial charge in [-0.2, -0.15) is 0 Å². The Morgan fingerprint density at radius 3 is 2.50 bits per heavy atom. The predicted molar refractivity (Wildman–Crippen MR) is 93.3 cm³/mol. The van der Waals surface area contributed by atoms with Gasteiger partial charge in [0.25, 0.3) is 0 Å². The summed E-state index contributed by atoms with van der Waals surface area (Å²) in [6.07, 6.45) is 0. The molecule has 0 aliphatic heterocycles. The molecule has 0 N–H and O–H groups in total. The molecule has 0 saturated carbocycles. The van der Waals surface area contributed by atoms with E-state index in [4.69, 9.17) is 11.6 Å². The van der Waals surface area contributed by atoms with Gasteiger partial charge in [0.05, 0.1) is 13.1 Å². The fourth-order valence-corrected chi connectivity index (χ4v) is 3.07. The van der Waals surface area contributed by atoms with Crippen LogP contribution in [-0.4, -0.2) is 36.3 Å². The number of amides is 1. The molecule has 118 valence electrons. The third-order valence-corrected chi connectivity index (χ3v) is 4.91. The first-order valence-corrected chi connectivity index (χ1v) is 8.45. The summed E-state index contributed by atoms with van der Waals surface area (Å²) in [6.45, 7) is 3.15. The Labute approximate surface area is 141 Å². The zero-order valence-electron chi connectivity index (χ0n) is 13.1. The normalized spacial score (nSPS) is 12.4. The SMILES string of the molecule is CC(c1ccc(Cl)cc1)N(C)CC(=O)N(C)Cc1cccs1.